The van der Waals surface area contributed by atoms with Gasteiger partial charge in [0.1, 0.15) is 12.7 Å². The van der Waals surface area contributed by atoms with Crippen LogP contribution in [0.25, 0.3) is 5.69 Å². The molecule has 1 amide bonds. The molecule has 0 saturated heterocycles. The van der Waals surface area contributed by atoms with Crippen molar-refractivity contribution >= 4 is 29.0 Å². The Balaban J connectivity index is 1.59. The van der Waals surface area contributed by atoms with Gasteiger partial charge in [0.2, 0.25) is 5.91 Å². The zero-order valence-corrected chi connectivity index (χ0v) is 15.9. The average Bonchev–Trinajstić information content (AvgIpc) is 3.22. The van der Waals surface area contributed by atoms with Crippen molar-refractivity contribution in [3.05, 3.63) is 60.7 Å². The molecule has 4 rings (SSSR count). The lowest BCUT2D eigenvalue weighted by atomic mass is 10.1. The molecule has 0 spiro atoms. The molecule has 0 radical (unpaired) electrons. The maximum atomic E-state index is 13.2. The second-order valence-electron chi connectivity index (χ2n) is 6.36. The molecule has 1 aliphatic rings. The molecule has 0 aliphatic carbocycles. The Morgan fingerprint density at radius 3 is 2.76 bits per heavy atom. The molecule has 1 aliphatic heterocycles. The topological polar surface area (TPSA) is 63.1 Å². The highest BCUT2D eigenvalue weighted by atomic mass is 32.2. The number of nitrogens with zero attached hydrogens (tertiary/aromatic N) is 4. The van der Waals surface area contributed by atoms with Gasteiger partial charge in [0, 0.05) is 17.2 Å². The molecule has 29 heavy (non-hydrogen) atoms. The van der Waals surface area contributed by atoms with E-state index in [0.717, 1.165) is 28.5 Å². The Kier molecular flexibility index (Phi) is 5.18. The summed E-state index contributed by atoms with van der Waals surface area (Å²) in [5.41, 5.74) is 0.421. The Bertz CT molecular complexity index is 1020. The number of halogens is 3. The van der Waals surface area contributed by atoms with Gasteiger partial charge >= 0.3 is 6.18 Å². The largest absolute Gasteiger partial charge is 0.416 e. The van der Waals surface area contributed by atoms with Crippen molar-refractivity contribution < 1.29 is 18.0 Å². The monoisotopic (exact) mass is 419 g/mol. The minimum atomic E-state index is -4.52. The van der Waals surface area contributed by atoms with E-state index in [0.29, 0.717) is 12.2 Å². The second kappa shape index (κ2) is 7.78. The molecule has 0 unspecified atom stereocenters. The lowest BCUT2D eigenvalue weighted by Crippen LogP contribution is -2.37. The standard InChI is InChI=1S/C19H16F3N5OS/c20-19(21,22)13-5-6-15(27-12-23-11-24-27)14(9-13)25-18(28)10-26-7-8-29-17-4-2-1-3-16(17)26/h1-6,9,11-12H,7-8,10H2,(H,25,28). The number of para-hydroxylation sites is 1. The average molecular weight is 419 g/mol. The molecule has 0 saturated carbocycles. The summed E-state index contributed by atoms with van der Waals surface area (Å²) in [7, 11) is 0. The third-order valence-corrected chi connectivity index (χ3v) is 5.47. The molecular weight excluding hydrogens is 403 g/mol. The summed E-state index contributed by atoms with van der Waals surface area (Å²) in [6.07, 6.45) is -1.90. The predicted molar refractivity (Wildman–Crippen MR) is 104 cm³/mol. The van der Waals surface area contributed by atoms with Crippen LogP contribution < -0.4 is 10.2 Å². The highest BCUT2D eigenvalue weighted by molar-refractivity contribution is 7.99. The first-order chi connectivity index (χ1) is 13.9. The van der Waals surface area contributed by atoms with Crippen LogP contribution in [0.3, 0.4) is 0 Å². The minimum Gasteiger partial charge on any atom is -0.360 e. The van der Waals surface area contributed by atoms with Crippen LogP contribution in [0.15, 0.2) is 60.0 Å². The third-order valence-electron chi connectivity index (χ3n) is 4.42. The van der Waals surface area contributed by atoms with E-state index in [-0.39, 0.29) is 12.2 Å². The summed E-state index contributed by atoms with van der Waals surface area (Å²) in [4.78, 5) is 19.5. The van der Waals surface area contributed by atoms with E-state index < -0.39 is 17.6 Å². The Morgan fingerprint density at radius 2 is 2.00 bits per heavy atom. The van der Waals surface area contributed by atoms with Crippen LogP contribution in [0.4, 0.5) is 24.5 Å². The van der Waals surface area contributed by atoms with E-state index in [1.807, 2.05) is 29.2 Å². The molecule has 1 N–H and O–H groups in total. The Labute approximate surface area is 168 Å². The minimum absolute atomic E-state index is 0.0231. The number of fused-ring (bicyclic) bond motifs is 1. The molecule has 2 aromatic carbocycles. The van der Waals surface area contributed by atoms with Gasteiger partial charge in [0.25, 0.3) is 0 Å². The fourth-order valence-corrected chi connectivity index (χ4v) is 4.15. The van der Waals surface area contributed by atoms with Gasteiger partial charge in [0.15, 0.2) is 0 Å². The predicted octanol–water partition coefficient (Wildman–Crippen LogP) is 3.84. The highest BCUT2D eigenvalue weighted by Gasteiger charge is 2.31. The number of thioether (sulfide) groups is 1. The van der Waals surface area contributed by atoms with Gasteiger partial charge in [-0.05, 0) is 30.3 Å². The first kappa shape index (κ1) is 19.3. The van der Waals surface area contributed by atoms with Gasteiger partial charge in [-0.15, -0.1) is 11.8 Å². The van der Waals surface area contributed by atoms with Gasteiger partial charge in [-0.2, -0.15) is 18.3 Å². The van der Waals surface area contributed by atoms with E-state index in [2.05, 4.69) is 15.4 Å². The van der Waals surface area contributed by atoms with Gasteiger partial charge in [-0.1, -0.05) is 12.1 Å². The third kappa shape index (κ3) is 4.21. The van der Waals surface area contributed by atoms with Crippen LogP contribution in [0.2, 0.25) is 0 Å². The molecule has 6 nitrogen and oxygen atoms in total. The van der Waals surface area contributed by atoms with Crippen molar-refractivity contribution in [1.29, 1.82) is 0 Å². The molecular formula is C19H16F3N5OS. The number of benzene rings is 2. The smallest absolute Gasteiger partial charge is 0.360 e. The van der Waals surface area contributed by atoms with Crippen molar-refractivity contribution in [1.82, 2.24) is 14.8 Å². The van der Waals surface area contributed by atoms with Gasteiger partial charge in [-0.25, -0.2) is 9.67 Å². The van der Waals surface area contributed by atoms with E-state index in [1.165, 1.54) is 23.4 Å². The molecule has 0 bridgehead atoms. The number of hydrogen-bond donors (Lipinski definition) is 1. The van der Waals surface area contributed by atoms with Crippen molar-refractivity contribution in [3.8, 4) is 5.69 Å². The highest BCUT2D eigenvalue weighted by Crippen LogP contribution is 2.35. The summed E-state index contributed by atoms with van der Waals surface area (Å²) >= 11 is 1.71. The molecule has 10 heteroatoms. The number of amides is 1. The number of carbonyl (C=O) groups excluding carboxylic acids is 1. The van der Waals surface area contributed by atoms with Crippen LogP contribution in [-0.2, 0) is 11.0 Å². The van der Waals surface area contributed by atoms with Crippen molar-refractivity contribution in [2.45, 2.75) is 11.1 Å². The van der Waals surface area contributed by atoms with Gasteiger partial charge in [-0.3, -0.25) is 4.79 Å². The molecule has 0 atom stereocenters. The van der Waals surface area contributed by atoms with E-state index in [9.17, 15) is 18.0 Å². The summed E-state index contributed by atoms with van der Waals surface area (Å²) < 4.78 is 40.8. The number of rotatable bonds is 4. The first-order valence-corrected chi connectivity index (χ1v) is 9.73. The maximum Gasteiger partial charge on any atom is 0.416 e. The number of alkyl halides is 3. The summed E-state index contributed by atoms with van der Waals surface area (Å²) in [6, 6.07) is 10.9. The van der Waals surface area contributed by atoms with Crippen molar-refractivity contribution in [2.24, 2.45) is 0 Å². The second-order valence-corrected chi connectivity index (χ2v) is 7.49. The lowest BCUT2D eigenvalue weighted by Gasteiger charge is -2.30. The number of anilines is 2. The lowest BCUT2D eigenvalue weighted by molar-refractivity contribution is -0.137. The summed E-state index contributed by atoms with van der Waals surface area (Å²) in [5, 5.41) is 6.56. The Morgan fingerprint density at radius 1 is 1.17 bits per heavy atom. The molecule has 0 fully saturated rings. The maximum absolute atomic E-state index is 13.2. The van der Waals surface area contributed by atoms with Crippen LogP contribution in [-0.4, -0.2) is 39.5 Å². The molecule has 3 aromatic rings. The summed E-state index contributed by atoms with van der Waals surface area (Å²) in [6.45, 7) is 0.707. The van der Waals surface area contributed by atoms with Gasteiger partial charge < -0.3 is 10.2 Å². The SMILES string of the molecule is O=C(CN1CCSc2ccccc21)Nc1cc(C(F)(F)F)ccc1-n1cncn1. The summed E-state index contributed by atoms with van der Waals surface area (Å²) in [5.74, 6) is 0.422. The number of nitrogens with one attached hydrogen (secondary N) is 1. The number of hydrogen-bond acceptors (Lipinski definition) is 5. The number of aromatic nitrogens is 3. The van der Waals surface area contributed by atoms with E-state index >= 15 is 0 Å². The zero-order chi connectivity index (χ0) is 20.4. The molecule has 2 heterocycles. The van der Waals surface area contributed by atoms with Crippen molar-refractivity contribution in [2.75, 3.05) is 29.1 Å². The fourth-order valence-electron chi connectivity index (χ4n) is 3.10. The van der Waals surface area contributed by atoms with E-state index in [1.54, 1.807) is 11.8 Å². The van der Waals surface area contributed by atoms with Crippen LogP contribution >= 0.6 is 11.8 Å². The van der Waals surface area contributed by atoms with Crippen LogP contribution in [0.1, 0.15) is 5.56 Å². The van der Waals surface area contributed by atoms with E-state index in [4.69, 9.17) is 0 Å². The van der Waals surface area contributed by atoms with Crippen LogP contribution in [0.5, 0.6) is 0 Å². The fraction of sp³-hybridized carbons (Fsp3) is 0.211. The molecule has 1 aromatic heterocycles. The Hall–Kier alpha value is -3.01. The normalized spacial score (nSPS) is 13.8. The number of carbonyl (C=O) groups is 1. The quantitative estimate of drug-likeness (QED) is 0.696. The van der Waals surface area contributed by atoms with Crippen molar-refractivity contribution in [3.63, 3.8) is 0 Å². The molecule has 150 valence electrons. The van der Waals surface area contributed by atoms with Crippen LogP contribution in [0, 0.1) is 0 Å². The first-order valence-electron chi connectivity index (χ1n) is 8.75. The van der Waals surface area contributed by atoms with Gasteiger partial charge in [0.05, 0.1) is 29.2 Å². The zero-order valence-electron chi connectivity index (χ0n) is 15.1.